The molecule has 1 unspecified atom stereocenters. The van der Waals surface area contributed by atoms with Crippen LogP contribution in [0.15, 0.2) is 66.7 Å². The maximum atomic E-state index is 12.4. The summed E-state index contributed by atoms with van der Waals surface area (Å²) in [5.74, 6) is 1.14. The molecule has 0 aliphatic heterocycles. The summed E-state index contributed by atoms with van der Waals surface area (Å²) in [5.41, 5.74) is 1.96. The fraction of sp³-hybridized carbons (Fsp3) is 0.174. The highest BCUT2D eigenvalue weighted by Gasteiger charge is 2.11. The van der Waals surface area contributed by atoms with Crippen LogP contribution in [0.2, 0.25) is 0 Å². The number of methoxy groups -OCH3 is 2. The summed E-state index contributed by atoms with van der Waals surface area (Å²) in [7, 11) is 3.18. The Labute approximate surface area is 159 Å². The molecule has 1 atom stereocenters. The van der Waals surface area contributed by atoms with Crippen molar-refractivity contribution in [3.05, 3.63) is 77.9 Å². The van der Waals surface area contributed by atoms with E-state index in [0.29, 0.717) is 11.5 Å². The van der Waals surface area contributed by atoms with Crippen molar-refractivity contribution in [2.24, 2.45) is 0 Å². The van der Waals surface area contributed by atoms with E-state index in [1.54, 1.807) is 20.3 Å². The lowest BCUT2D eigenvalue weighted by atomic mass is 10.00. The molecule has 0 heterocycles. The SMILES string of the molecule is COc1ccc(C=CC(=O)NC(C)c2cccc3ccccc23)cc1OC. The maximum absolute atomic E-state index is 12.4. The van der Waals surface area contributed by atoms with Crippen molar-refractivity contribution in [1.82, 2.24) is 5.32 Å². The molecule has 0 saturated heterocycles. The summed E-state index contributed by atoms with van der Waals surface area (Å²) >= 11 is 0. The fourth-order valence-electron chi connectivity index (χ4n) is 3.10. The molecule has 0 aliphatic carbocycles. The van der Waals surface area contributed by atoms with Crippen LogP contribution < -0.4 is 14.8 Å². The van der Waals surface area contributed by atoms with Crippen molar-refractivity contribution in [3.63, 3.8) is 0 Å². The van der Waals surface area contributed by atoms with Gasteiger partial charge in [-0.2, -0.15) is 0 Å². The van der Waals surface area contributed by atoms with E-state index in [-0.39, 0.29) is 11.9 Å². The Morgan fingerprint density at radius 2 is 1.70 bits per heavy atom. The number of rotatable bonds is 6. The topological polar surface area (TPSA) is 47.6 Å². The van der Waals surface area contributed by atoms with Gasteiger partial charge in [0.25, 0.3) is 0 Å². The van der Waals surface area contributed by atoms with Crippen LogP contribution in [0.1, 0.15) is 24.1 Å². The van der Waals surface area contributed by atoms with Gasteiger partial charge < -0.3 is 14.8 Å². The van der Waals surface area contributed by atoms with E-state index < -0.39 is 0 Å². The Balaban J connectivity index is 1.72. The minimum Gasteiger partial charge on any atom is -0.493 e. The highest BCUT2D eigenvalue weighted by Crippen LogP contribution is 2.28. The number of hydrogen-bond donors (Lipinski definition) is 1. The molecule has 3 rings (SSSR count). The number of hydrogen-bond acceptors (Lipinski definition) is 3. The maximum Gasteiger partial charge on any atom is 0.244 e. The lowest BCUT2D eigenvalue weighted by molar-refractivity contribution is -0.117. The molecular formula is C23H23NO3. The number of carbonyl (C=O) groups excluding carboxylic acids is 1. The Morgan fingerprint density at radius 1 is 0.963 bits per heavy atom. The third-order valence-electron chi connectivity index (χ3n) is 4.48. The fourth-order valence-corrected chi connectivity index (χ4v) is 3.10. The summed E-state index contributed by atoms with van der Waals surface area (Å²) in [6.07, 6.45) is 3.29. The molecule has 0 saturated carbocycles. The van der Waals surface area contributed by atoms with Crippen LogP contribution in [0, 0.1) is 0 Å². The molecule has 0 aromatic heterocycles. The standard InChI is InChI=1S/C23H23NO3/c1-16(19-10-6-8-18-7-4-5-9-20(18)19)24-23(25)14-12-17-11-13-21(26-2)22(15-17)27-3/h4-16H,1-3H3,(H,24,25). The van der Waals surface area contributed by atoms with Crippen LogP contribution in [0.3, 0.4) is 0 Å². The molecule has 0 spiro atoms. The van der Waals surface area contributed by atoms with Crippen LogP contribution in [0.4, 0.5) is 0 Å². The smallest absolute Gasteiger partial charge is 0.244 e. The average Bonchev–Trinajstić information content (AvgIpc) is 2.71. The lowest BCUT2D eigenvalue weighted by Crippen LogP contribution is -2.24. The van der Waals surface area contributed by atoms with Gasteiger partial charge in [-0.3, -0.25) is 4.79 Å². The van der Waals surface area contributed by atoms with Crippen LogP contribution in [0.5, 0.6) is 11.5 Å². The Morgan fingerprint density at radius 3 is 2.48 bits per heavy atom. The Hall–Kier alpha value is -3.27. The minimum atomic E-state index is -0.148. The summed E-state index contributed by atoms with van der Waals surface area (Å²) in [5, 5.41) is 5.34. The monoisotopic (exact) mass is 361 g/mol. The summed E-state index contributed by atoms with van der Waals surface area (Å²) in [6.45, 7) is 1.99. The molecular weight excluding hydrogens is 338 g/mol. The Bertz CT molecular complexity index is 973. The highest BCUT2D eigenvalue weighted by atomic mass is 16.5. The zero-order chi connectivity index (χ0) is 19.2. The summed E-state index contributed by atoms with van der Waals surface area (Å²) in [6, 6.07) is 19.7. The van der Waals surface area contributed by atoms with Gasteiger partial charge in [-0.05, 0) is 47.0 Å². The van der Waals surface area contributed by atoms with Gasteiger partial charge in [-0.1, -0.05) is 48.5 Å². The van der Waals surface area contributed by atoms with E-state index in [0.717, 1.165) is 21.9 Å². The zero-order valence-corrected chi connectivity index (χ0v) is 15.7. The number of nitrogens with one attached hydrogen (secondary N) is 1. The van der Waals surface area contributed by atoms with Gasteiger partial charge in [-0.25, -0.2) is 0 Å². The van der Waals surface area contributed by atoms with Crippen molar-refractivity contribution in [1.29, 1.82) is 0 Å². The molecule has 1 N–H and O–H groups in total. The Kier molecular flexibility index (Phi) is 5.77. The van der Waals surface area contributed by atoms with E-state index in [1.165, 1.54) is 6.08 Å². The van der Waals surface area contributed by atoms with Crippen LogP contribution in [0.25, 0.3) is 16.8 Å². The summed E-state index contributed by atoms with van der Waals surface area (Å²) in [4.78, 5) is 12.4. The molecule has 0 aliphatic rings. The van der Waals surface area contributed by atoms with Gasteiger partial charge in [0, 0.05) is 6.08 Å². The molecule has 1 amide bonds. The number of amides is 1. The number of fused-ring (bicyclic) bond motifs is 1. The molecule has 4 nitrogen and oxygen atoms in total. The van der Waals surface area contributed by atoms with E-state index in [4.69, 9.17) is 9.47 Å². The van der Waals surface area contributed by atoms with Crippen molar-refractivity contribution in [2.75, 3.05) is 14.2 Å². The van der Waals surface area contributed by atoms with Crippen molar-refractivity contribution < 1.29 is 14.3 Å². The number of benzene rings is 3. The summed E-state index contributed by atoms with van der Waals surface area (Å²) < 4.78 is 10.5. The van der Waals surface area contributed by atoms with Crippen molar-refractivity contribution in [2.45, 2.75) is 13.0 Å². The highest BCUT2D eigenvalue weighted by molar-refractivity contribution is 5.93. The van der Waals surface area contributed by atoms with Gasteiger partial charge in [-0.15, -0.1) is 0 Å². The predicted octanol–water partition coefficient (Wildman–Crippen LogP) is 4.75. The van der Waals surface area contributed by atoms with Gasteiger partial charge in [0.2, 0.25) is 5.91 Å². The second-order valence-corrected chi connectivity index (χ2v) is 6.25. The van der Waals surface area contributed by atoms with Gasteiger partial charge in [0.1, 0.15) is 0 Å². The van der Waals surface area contributed by atoms with E-state index >= 15 is 0 Å². The number of ether oxygens (including phenoxy) is 2. The second-order valence-electron chi connectivity index (χ2n) is 6.25. The van der Waals surface area contributed by atoms with Gasteiger partial charge in [0.05, 0.1) is 20.3 Å². The van der Waals surface area contributed by atoms with Crippen LogP contribution in [-0.2, 0) is 4.79 Å². The third-order valence-corrected chi connectivity index (χ3v) is 4.48. The van der Waals surface area contributed by atoms with Crippen molar-refractivity contribution >= 4 is 22.8 Å². The molecule has 0 bridgehead atoms. The van der Waals surface area contributed by atoms with Crippen molar-refractivity contribution in [3.8, 4) is 11.5 Å². The molecule has 3 aromatic rings. The average molecular weight is 361 g/mol. The first kappa shape index (κ1) is 18.5. The molecule has 27 heavy (non-hydrogen) atoms. The molecule has 3 aromatic carbocycles. The largest absolute Gasteiger partial charge is 0.493 e. The van der Waals surface area contributed by atoms with Gasteiger partial charge >= 0.3 is 0 Å². The predicted molar refractivity (Wildman–Crippen MR) is 109 cm³/mol. The number of carbonyl (C=O) groups is 1. The van der Waals surface area contributed by atoms with Gasteiger partial charge in [0.15, 0.2) is 11.5 Å². The van der Waals surface area contributed by atoms with Crippen LogP contribution in [-0.4, -0.2) is 20.1 Å². The molecule has 4 heteroatoms. The van der Waals surface area contributed by atoms with E-state index in [9.17, 15) is 4.79 Å². The molecule has 0 radical (unpaired) electrons. The zero-order valence-electron chi connectivity index (χ0n) is 15.7. The lowest BCUT2D eigenvalue weighted by Gasteiger charge is -2.15. The molecule has 0 fully saturated rings. The van der Waals surface area contributed by atoms with E-state index in [1.807, 2.05) is 49.4 Å². The van der Waals surface area contributed by atoms with E-state index in [2.05, 4.69) is 23.5 Å². The quantitative estimate of drug-likeness (QED) is 0.645. The third kappa shape index (κ3) is 4.29. The second kappa shape index (κ2) is 8.41. The minimum absolute atomic E-state index is 0.0985. The first-order valence-corrected chi connectivity index (χ1v) is 8.80. The first-order valence-electron chi connectivity index (χ1n) is 8.80. The molecule has 138 valence electrons. The normalized spacial score (nSPS) is 12.1. The van der Waals surface area contributed by atoms with Crippen LogP contribution >= 0.6 is 0 Å². The first-order chi connectivity index (χ1) is 13.1.